The van der Waals surface area contributed by atoms with Gasteiger partial charge in [0.15, 0.2) is 0 Å². The van der Waals surface area contributed by atoms with Gasteiger partial charge in [0.2, 0.25) is 0 Å². The van der Waals surface area contributed by atoms with Crippen molar-refractivity contribution in [3.8, 4) is 5.75 Å². The van der Waals surface area contributed by atoms with Gasteiger partial charge in [-0.05, 0) is 39.0 Å². The van der Waals surface area contributed by atoms with E-state index in [9.17, 15) is 9.59 Å². The molecule has 1 aromatic carbocycles. The molecule has 0 radical (unpaired) electrons. The summed E-state index contributed by atoms with van der Waals surface area (Å²) in [6.07, 6.45) is 1.51. The highest BCUT2D eigenvalue weighted by Gasteiger charge is 2.19. The minimum absolute atomic E-state index is 0.169. The van der Waals surface area contributed by atoms with Crippen LogP contribution in [0, 0.1) is 6.92 Å². The highest BCUT2D eigenvalue weighted by atomic mass is 16.5. The van der Waals surface area contributed by atoms with Crippen molar-refractivity contribution in [2.75, 3.05) is 6.61 Å². The van der Waals surface area contributed by atoms with Crippen molar-refractivity contribution >= 4 is 11.8 Å². The summed E-state index contributed by atoms with van der Waals surface area (Å²) in [7, 11) is 0. The third kappa shape index (κ3) is 4.62. The minimum atomic E-state index is -0.705. The number of hydrogen-bond acceptors (Lipinski definition) is 4. The minimum Gasteiger partial charge on any atom is -0.494 e. The van der Waals surface area contributed by atoms with Crippen molar-refractivity contribution in [3.05, 3.63) is 53.5 Å². The zero-order valence-corrected chi connectivity index (χ0v) is 14.1. The molecule has 24 heavy (non-hydrogen) atoms. The molecule has 6 heteroatoms. The Hall–Kier alpha value is -2.76. The number of carbonyl (C=O) groups is 2. The van der Waals surface area contributed by atoms with Crippen molar-refractivity contribution in [2.24, 2.45) is 0 Å². The summed E-state index contributed by atoms with van der Waals surface area (Å²) in [6, 6.07) is 8.84. The number of benzene rings is 1. The molecule has 0 spiro atoms. The average Bonchev–Trinajstić information content (AvgIpc) is 3.07. The molecule has 0 aliphatic heterocycles. The van der Waals surface area contributed by atoms with Crippen LogP contribution >= 0.6 is 0 Å². The van der Waals surface area contributed by atoms with Crippen molar-refractivity contribution in [1.82, 2.24) is 10.6 Å². The zero-order chi connectivity index (χ0) is 17.5. The lowest BCUT2D eigenvalue weighted by Crippen LogP contribution is -2.40. The molecule has 2 aromatic rings. The van der Waals surface area contributed by atoms with Crippen molar-refractivity contribution in [3.63, 3.8) is 0 Å². The molecular formula is C18H22N2O4. The Morgan fingerprint density at radius 3 is 2.71 bits per heavy atom. The second kappa shape index (κ2) is 8.19. The maximum absolute atomic E-state index is 12.0. The zero-order valence-electron chi connectivity index (χ0n) is 14.1. The predicted molar refractivity (Wildman–Crippen MR) is 89.5 cm³/mol. The average molecular weight is 330 g/mol. The van der Waals surface area contributed by atoms with Gasteiger partial charge >= 0.3 is 11.8 Å². The second-order valence-corrected chi connectivity index (χ2v) is 5.43. The first-order valence-corrected chi connectivity index (χ1v) is 7.85. The molecule has 1 unspecified atom stereocenters. The largest absolute Gasteiger partial charge is 0.494 e. The Kier molecular flexibility index (Phi) is 6.01. The van der Waals surface area contributed by atoms with Gasteiger partial charge in [-0.1, -0.05) is 17.7 Å². The Morgan fingerprint density at radius 1 is 1.25 bits per heavy atom. The van der Waals surface area contributed by atoms with Crippen LogP contribution < -0.4 is 15.4 Å². The number of furan rings is 1. The van der Waals surface area contributed by atoms with Gasteiger partial charge in [-0.25, -0.2) is 0 Å². The van der Waals surface area contributed by atoms with Crippen LogP contribution in [0.5, 0.6) is 5.75 Å². The quantitative estimate of drug-likeness (QED) is 0.797. The van der Waals surface area contributed by atoms with Gasteiger partial charge in [0, 0.05) is 5.56 Å². The van der Waals surface area contributed by atoms with Gasteiger partial charge in [0.1, 0.15) is 11.5 Å². The molecule has 128 valence electrons. The summed E-state index contributed by atoms with van der Waals surface area (Å²) in [6.45, 7) is 6.37. The monoisotopic (exact) mass is 330 g/mol. The van der Waals surface area contributed by atoms with E-state index in [0.29, 0.717) is 18.1 Å². The third-order valence-electron chi connectivity index (χ3n) is 3.49. The van der Waals surface area contributed by atoms with E-state index in [1.165, 1.54) is 6.26 Å². The Morgan fingerprint density at radius 2 is 2.04 bits per heavy atom. The summed E-state index contributed by atoms with van der Waals surface area (Å²) >= 11 is 0. The Bertz CT molecular complexity index is 695. The SMILES string of the molecule is CCOc1ccc(C)cc1C(C)NC(=O)C(=O)NCc1ccco1. The van der Waals surface area contributed by atoms with E-state index in [-0.39, 0.29) is 12.6 Å². The standard InChI is InChI=1S/C18H22N2O4/c1-4-23-16-8-7-12(2)10-15(16)13(3)20-18(22)17(21)19-11-14-6-5-9-24-14/h5-10,13H,4,11H2,1-3H3,(H,19,21)(H,20,22). The number of amides is 2. The van der Waals surface area contributed by atoms with Crippen LogP contribution in [-0.4, -0.2) is 18.4 Å². The lowest BCUT2D eigenvalue weighted by molar-refractivity contribution is -0.139. The van der Waals surface area contributed by atoms with Gasteiger partial charge in [-0.3, -0.25) is 9.59 Å². The topological polar surface area (TPSA) is 80.6 Å². The first-order chi connectivity index (χ1) is 11.5. The lowest BCUT2D eigenvalue weighted by Gasteiger charge is -2.18. The summed E-state index contributed by atoms with van der Waals surface area (Å²) < 4.78 is 10.7. The number of rotatable bonds is 6. The molecule has 6 nitrogen and oxygen atoms in total. The molecule has 0 saturated carbocycles. The molecule has 0 saturated heterocycles. The number of ether oxygens (including phenoxy) is 1. The summed E-state index contributed by atoms with van der Waals surface area (Å²) in [5, 5.41) is 5.21. The summed E-state index contributed by atoms with van der Waals surface area (Å²) in [4.78, 5) is 23.9. The highest BCUT2D eigenvalue weighted by Crippen LogP contribution is 2.26. The Labute approximate surface area is 141 Å². The van der Waals surface area contributed by atoms with E-state index in [0.717, 1.165) is 11.1 Å². The maximum Gasteiger partial charge on any atom is 0.309 e. The van der Waals surface area contributed by atoms with Crippen molar-refractivity contribution in [2.45, 2.75) is 33.4 Å². The highest BCUT2D eigenvalue weighted by molar-refractivity contribution is 6.35. The van der Waals surface area contributed by atoms with E-state index in [4.69, 9.17) is 9.15 Å². The van der Waals surface area contributed by atoms with E-state index in [1.807, 2.05) is 39.0 Å². The molecule has 1 aromatic heterocycles. The smallest absolute Gasteiger partial charge is 0.309 e. The van der Waals surface area contributed by atoms with Crippen LogP contribution in [-0.2, 0) is 16.1 Å². The molecule has 2 N–H and O–H groups in total. The van der Waals surface area contributed by atoms with Crippen molar-refractivity contribution < 1.29 is 18.7 Å². The van der Waals surface area contributed by atoms with Gasteiger partial charge in [-0.2, -0.15) is 0 Å². The fourth-order valence-electron chi connectivity index (χ4n) is 2.29. The second-order valence-electron chi connectivity index (χ2n) is 5.43. The fraction of sp³-hybridized carbons (Fsp3) is 0.333. The molecule has 2 rings (SSSR count). The molecule has 1 atom stereocenters. The molecule has 0 aliphatic carbocycles. The normalized spacial score (nSPS) is 11.6. The van der Waals surface area contributed by atoms with E-state index in [2.05, 4.69) is 10.6 Å². The molecular weight excluding hydrogens is 308 g/mol. The molecule has 0 bridgehead atoms. The van der Waals surface area contributed by atoms with Crippen LogP contribution in [0.1, 0.15) is 36.8 Å². The first kappa shape index (κ1) is 17.6. The number of carbonyl (C=O) groups excluding carboxylic acids is 2. The number of aryl methyl sites for hydroxylation is 1. The summed E-state index contributed by atoms with van der Waals surface area (Å²) in [5.74, 6) is -0.115. The third-order valence-corrected chi connectivity index (χ3v) is 3.49. The van der Waals surface area contributed by atoms with Crippen LogP contribution in [0.25, 0.3) is 0 Å². The number of hydrogen-bond donors (Lipinski definition) is 2. The van der Waals surface area contributed by atoms with Gasteiger partial charge in [0.05, 0.1) is 25.5 Å². The van der Waals surface area contributed by atoms with Crippen LogP contribution in [0.4, 0.5) is 0 Å². The fourth-order valence-corrected chi connectivity index (χ4v) is 2.29. The lowest BCUT2D eigenvalue weighted by atomic mass is 10.0. The van der Waals surface area contributed by atoms with Gasteiger partial charge in [0.25, 0.3) is 0 Å². The van der Waals surface area contributed by atoms with E-state index >= 15 is 0 Å². The van der Waals surface area contributed by atoms with Crippen LogP contribution in [0.2, 0.25) is 0 Å². The molecule has 2 amide bonds. The Balaban J connectivity index is 1.97. The molecule has 0 fully saturated rings. The van der Waals surface area contributed by atoms with Gasteiger partial charge < -0.3 is 19.8 Å². The molecule has 0 aliphatic rings. The van der Waals surface area contributed by atoms with Crippen LogP contribution in [0.3, 0.4) is 0 Å². The van der Waals surface area contributed by atoms with E-state index in [1.54, 1.807) is 12.1 Å². The molecule has 1 heterocycles. The predicted octanol–water partition coefficient (Wildman–Crippen LogP) is 2.48. The van der Waals surface area contributed by atoms with Gasteiger partial charge in [-0.15, -0.1) is 0 Å². The van der Waals surface area contributed by atoms with E-state index < -0.39 is 11.8 Å². The number of nitrogens with one attached hydrogen (secondary N) is 2. The van der Waals surface area contributed by atoms with Crippen molar-refractivity contribution in [1.29, 1.82) is 0 Å². The summed E-state index contributed by atoms with van der Waals surface area (Å²) in [5.41, 5.74) is 1.89. The van der Waals surface area contributed by atoms with Crippen LogP contribution in [0.15, 0.2) is 41.0 Å². The first-order valence-electron chi connectivity index (χ1n) is 7.85. The maximum atomic E-state index is 12.0.